The Labute approximate surface area is 231 Å². The second kappa shape index (κ2) is 12.0. The molecule has 1 unspecified atom stereocenters. The lowest BCUT2D eigenvalue weighted by Crippen LogP contribution is -2.49. The van der Waals surface area contributed by atoms with E-state index in [1.807, 2.05) is 24.3 Å². The molecule has 0 saturated carbocycles. The maximum atomic E-state index is 13.8. The van der Waals surface area contributed by atoms with E-state index >= 15 is 0 Å². The molecule has 1 saturated heterocycles. The molecule has 0 aromatic heterocycles. The average molecular weight is 527 g/mol. The topological polar surface area (TPSA) is 57.6 Å². The number of carbonyl (C=O) groups excluding carboxylic acids is 1. The average Bonchev–Trinajstić information content (AvgIpc) is 3.39. The summed E-state index contributed by atoms with van der Waals surface area (Å²) in [7, 11) is 3.29. The number of carbonyl (C=O) groups is 1. The summed E-state index contributed by atoms with van der Waals surface area (Å²) in [6.07, 6.45) is 0.628. The Morgan fingerprint density at radius 3 is 2.33 bits per heavy atom. The summed E-state index contributed by atoms with van der Waals surface area (Å²) in [5.41, 5.74) is 6.64. The Morgan fingerprint density at radius 2 is 1.64 bits per heavy atom. The molecule has 1 fully saturated rings. The van der Waals surface area contributed by atoms with Gasteiger partial charge in [-0.05, 0) is 37.1 Å². The third-order valence-corrected chi connectivity index (χ3v) is 7.73. The minimum atomic E-state index is -0.242. The van der Waals surface area contributed by atoms with Gasteiger partial charge >= 0.3 is 0 Å². The van der Waals surface area contributed by atoms with Gasteiger partial charge < -0.3 is 9.47 Å². The van der Waals surface area contributed by atoms with Crippen LogP contribution in [0.25, 0.3) is 0 Å². The van der Waals surface area contributed by atoms with Crippen LogP contribution in [0.4, 0.5) is 0 Å². The van der Waals surface area contributed by atoms with Crippen molar-refractivity contribution in [2.45, 2.75) is 32.9 Å². The van der Waals surface area contributed by atoms with Crippen molar-refractivity contribution < 1.29 is 14.3 Å². The van der Waals surface area contributed by atoms with Gasteiger partial charge in [0.15, 0.2) is 0 Å². The third-order valence-electron chi connectivity index (χ3n) is 7.73. The lowest BCUT2D eigenvalue weighted by molar-refractivity contribution is -0.134. The highest BCUT2D eigenvalue weighted by Gasteiger charge is 2.36. The lowest BCUT2D eigenvalue weighted by Gasteiger charge is -2.35. The second-order valence-corrected chi connectivity index (χ2v) is 10.5. The standard InChI is InChI=1S/C32H38N4O3/c1-23-10-12-27(24(2)18-23)29-20-30(28-13-11-26(38-3)19-31(28)39-4)36(33-29)32(37)22-35-16-14-34(15-17-35)21-25-8-6-5-7-9-25/h5-13,18-19,30H,14-17,20-22H2,1-4H3. The number of aryl methyl sites for hydroxylation is 2. The van der Waals surface area contributed by atoms with Crippen LogP contribution in [0, 0.1) is 13.8 Å². The van der Waals surface area contributed by atoms with E-state index in [9.17, 15) is 4.79 Å². The molecular weight excluding hydrogens is 488 g/mol. The van der Waals surface area contributed by atoms with Gasteiger partial charge in [-0.3, -0.25) is 14.6 Å². The molecule has 7 heteroatoms. The van der Waals surface area contributed by atoms with Crippen molar-refractivity contribution in [3.63, 3.8) is 0 Å². The van der Waals surface area contributed by atoms with Crippen molar-refractivity contribution >= 4 is 11.6 Å². The van der Waals surface area contributed by atoms with Crippen LogP contribution in [0.1, 0.15) is 40.3 Å². The number of methoxy groups -OCH3 is 2. The highest BCUT2D eigenvalue weighted by Crippen LogP contribution is 2.39. The minimum Gasteiger partial charge on any atom is -0.497 e. The van der Waals surface area contributed by atoms with Gasteiger partial charge in [0.25, 0.3) is 5.91 Å². The highest BCUT2D eigenvalue weighted by atomic mass is 16.5. The van der Waals surface area contributed by atoms with Gasteiger partial charge in [-0.25, -0.2) is 5.01 Å². The van der Waals surface area contributed by atoms with Crippen molar-refractivity contribution in [3.05, 3.63) is 94.5 Å². The van der Waals surface area contributed by atoms with E-state index in [-0.39, 0.29) is 11.9 Å². The predicted molar refractivity (Wildman–Crippen MR) is 154 cm³/mol. The zero-order valence-corrected chi connectivity index (χ0v) is 23.4. The van der Waals surface area contributed by atoms with Gasteiger partial charge in [0.05, 0.1) is 32.5 Å². The Hall–Kier alpha value is -3.68. The summed E-state index contributed by atoms with van der Waals surface area (Å²) >= 11 is 0. The van der Waals surface area contributed by atoms with Crippen LogP contribution in [-0.2, 0) is 11.3 Å². The Bertz CT molecular complexity index is 1330. The fourth-order valence-corrected chi connectivity index (χ4v) is 5.59. The highest BCUT2D eigenvalue weighted by molar-refractivity contribution is 6.04. The number of benzene rings is 3. The summed E-state index contributed by atoms with van der Waals surface area (Å²) in [5, 5.41) is 6.63. The molecule has 2 heterocycles. The first kappa shape index (κ1) is 26.9. The molecule has 0 N–H and O–H groups in total. The Morgan fingerprint density at radius 1 is 0.897 bits per heavy atom. The smallest absolute Gasteiger partial charge is 0.257 e. The van der Waals surface area contributed by atoms with Crippen molar-refractivity contribution in [2.24, 2.45) is 5.10 Å². The number of nitrogens with zero attached hydrogens (tertiary/aromatic N) is 4. The number of ether oxygens (including phenoxy) is 2. The van der Waals surface area contributed by atoms with E-state index in [1.165, 1.54) is 11.1 Å². The lowest BCUT2D eigenvalue weighted by atomic mass is 9.94. The first-order valence-electron chi connectivity index (χ1n) is 13.6. The number of piperazine rings is 1. The van der Waals surface area contributed by atoms with Gasteiger partial charge in [0, 0.05) is 56.3 Å². The van der Waals surface area contributed by atoms with Crippen LogP contribution in [0.3, 0.4) is 0 Å². The van der Waals surface area contributed by atoms with Crippen molar-refractivity contribution in [1.82, 2.24) is 14.8 Å². The molecule has 204 valence electrons. The second-order valence-electron chi connectivity index (χ2n) is 10.5. The summed E-state index contributed by atoms with van der Waals surface area (Å²) in [5.74, 6) is 1.42. The summed E-state index contributed by atoms with van der Waals surface area (Å²) < 4.78 is 11.1. The Kier molecular flexibility index (Phi) is 8.29. The number of rotatable bonds is 8. The molecule has 2 aliphatic rings. The molecule has 3 aromatic rings. The largest absolute Gasteiger partial charge is 0.497 e. The van der Waals surface area contributed by atoms with Crippen LogP contribution in [0.15, 0.2) is 71.8 Å². The van der Waals surface area contributed by atoms with E-state index < -0.39 is 0 Å². The maximum Gasteiger partial charge on any atom is 0.257 e. The van der Waals surface area contributed by atoms with Gasteiger partial charge in [-0.1, -0.05) is 54.1 Å². The van der Waals surface area contributed by atoms with Gasteiger partial charge in [0.2, 0.25) is 0 Å². The zero-order chi connectivity index (χ0) is 27.4. The number of hydrazone groups is 1. The van der Waals surface area contributed by atoms with Crippen LogP contribution in [-0.4, -0.2) is 73.4 Å². The molecule has 5 rings (SSSR count). The molecule has 39 heavy (non-hydrogen) atoms. The summed E-state index contributed by atoms with van der Waals surface area (Å²) in [4.78, 5) is 18.5. The van der Waals surface area contributed by atoms with E-state index in [0.29, 0.717) is 18.7 Å². The molecular formula is C32H38N4O3. The molecule has 2 aliphatic heterocycles. The first-order valence-corrected chi connectivity index (χ1v) is 13.6. The molecule has 7 nitrogen and oxygen atoms in total. The molecule has 1 atom stereocenters. The van der Waals surface area contributed by atoms with Crippen LogP contribution >= 0.6 is 0 Å². The monoisotopic (exact) mass is 526 g/mol. The van der Waals surface area contributed by atoms with Crippen LogP contribution in [0.2, 0.25) is 0 Å². The number of amides is 1. The van der Waals surface area contributed by atoms with E-state index in [0.717, 1.165) is 60.9 Å². The van der Waals surface area contributed by atoms with Crippen molar-refractivity contribution in [2.75, 3.05) is 46.9 Å². The van der Waals surface area contributed by atoms with Crippen molar-refractivity contribution in [1.29, 1.82) is 0 Å². The number of hydrogen-bond acceptors (Lipinski definition) is 6. The molecule has 0 spiro atoms. The summed E-state index contributed by atoms with van der Waals surface area (Å²) in [6.45, 7) is 9.08. The first-order chi connectivity index (χ1) is 18.9. The molecule has 1 amide bonds. The molecule has 0 radical (unpaired) electrons. The van der Waals surface area contributed by atoms with Gasteiger partial charge in [-0.2, -0.15) is 5.10 Å². The minimum absolute atomic E-state index is 0.00847. The predicted octanol–water partition coefficient (Wildman–Crippen LogP) is 4.82. The normalized spacial score (nSPS) is 18.2. The van der Waals surface area contributed by atoms with Crippen LogP contribution in [0.5, 0.6) is 11.5 Å². The molecule has 3 aromatic carbocycles. The fraction of sp³-hybridized carbons (Fsp3) is 0.375. The number of hydrogen-bond donors (Lipinski definition) is 0. The quantitative estimate of drug-likeness (QED) is 0.422. The zero-order valence-electron chi connectivity index (χ0n) is 23.4. The third kappa shape index (κ3) is 6.15. The fourth-order valence-electron chi connectivity index (χ4n) is 5.59. The SMILES string of the molecule is COc1ccc(C2CC(c3ccc(C)cc3C)=NN2C(=O)CN2CCN(Cc3ccccc3)CC2)c(OC)c1. The molecule has 0 bridgehead atoms. The van der Waals surface area contributed by atoms with Gasteiger partial charge in [-0.15, -0.1) is 0 Å². The van der Waals surface area contributed by atoms with E-state index in [4.69, 9.17) is 14.6 Å². The van der Waals surface area contributed by atoms with E-state index in [1.54, 1.807) is 19.2 Å². The van der Waals surface area contributed by atoms with E-state index in [2.05, 4.69) is 66.1 Å². The van der Waals surface area contributed by atoms with Gasteiger partial charge in [0.1, 0.15) is 11.5 Å². The summed E-state index contributed by atoms with van der Waals surface area (Å²) in [6, 6.07) is 22.5. The maximum absolute atomic E-state index is 13.8. The van der Waals surface area contributed by atoms with Crippen LogP contribution < -0.4 is 9.47 Å². The molecule has 0 aliphatic carbocycles. The van der Waals surface area contributed by atoms with Crippen molar-refractivity contribution in [3.8, 4) is 11.5 Å². The Balaban J connectivity index is 1.34.